The van der Waals surface area contributed by atoms with Crippen molar-refractivity contribution in [3.8, 4) is 5.75 Å². The first kappa shape index (κ1) is 42.4. The molecule has 4 aromatic rings. The molecule has 0 N–H and O–H groups in total. The first-order valence-electron chi connectivity index (χ1n) is 26.5. The zero-order chi connectivity index (χ0) is 47.3. The van der Waals surface area contributed by atoms with Crippen LogP contribution >= 0.6 is 0 Å². The predicted molar refractivity (Wildman–Crippen MR) is 283 cm³/mol. The lowest BCUT2D eigenvalue weighted by Crippen LogP contribution is -2.57. The maximum Gasteiger partial charge on any atom is 0.134 e. The number of fused-ring (bicyclic) bond motifs is 7. The summed E-state index contributed by atoms with van der Waals surface area (Å²) in [7, 11) is 0. The second-order valence-corrected chi connectivity index (χ2v) is 23.8. The van der Waals surface area contributed by atoms with Gasteiger partial charge in [-0.25, -0.2) is 0 Å². The van der Waals surface area contributed by atoms with E-state index in [1.54, 1.807) is 5.57 Å². The summed E-state index contributed by atoms with van der Waals surface area (Å²) in [6.07, 6.45) is 29.4. The number of hydrogen-bond donors (Lipinski definition) is 0. The van der Waals surface area contributed by atoms with Crippen LogP contribution in [0.3, 0.4) is 0 Å². The van der Waals surface area contributed by atoms with Crippen molar-refractivity contribution in [2.75, 3.05) is 11.4 Å². The molecule has 6 heterocycles. The van der Waals surface area contributed by atoms with Gasteiger partial charge in [-0.05, 0) is 131 Å². The molecule has 1 saturated heterocycles. The summed E-state index contributed by atoms with van der Waals surface area (Å²) in [6.45, 7) is 15.3. The third-order valence-corrected chi connectivity index (χ3v) is 18.2. The van der Waals surface area contributed by atoms with Gasteiger partial charge in [0.1, 0.15) is 23.5 Å². The molecule has 4 aliphatic carbocycles. The van der Waals surface area contributed by atoms with E-state index in [0.29, 0.717) is 11.8 Å². The largest absolute Gasteiger partial charge is 0.461 e. The summed E-state index contributed by atoms with van der Waals surface area (Å²) in [4.78, 5) is 11.5. The molecule has 0 saturated carbocycles. The monoisotopic (exact) mass is 919 g/mol. The minimum atomic E-state index is -0.552. The number of ether oxygens (including phenoxy) is 1. The smallest absolute Gasteiger partial charge is 0.134 e. The van der Waals surface area contributed by atoms with Crippen molar-refractivity contribution in [2.24, 2.45) is 34.5 Å². The summed E-state index contributed by atoms with van der Waals surface area (Å²) in [5, 5.41) is 0. The average Bonchev–Trinajstić information content (AvgIpc) is 3.82. The number of nitrogens with zero attached hydrogens (tertiary/aromatic N) is 4. The van der Waals surface area contributed by atoms with E-state index < -0.39 is 5.41 Å². The lowest BCUT2D eigenvalue weighted by molar-refractivity contribution is 0.0745. The number of allylic oxidation sites excluding steroid dienone is 12. The highest BCUT2D eigenvalue weighted by molar-refractivity contribution is 5.73. The SMILES string of the molecule is CC(C)(C)C1=CC(C(C)(C)C)CC(N2C3=C(CCC=C3)N3c4cccc5c4C4C(C6C(=CCC7C8=C(C=CCC8)N(C8=CC(C(c9ccccc9)(c9ccccc9)c9ccccc9)=CCN84)C76)O5)C23)=C1. The molecule has 70 heavy (non-hydrogen) atoms. The molecule has 1 fully saturated rings. The molecular formula is C65H66N4O. The van der Waals surface area contributed by atoms with Crippen LogP contribution in [0.2, 0.25) is 0 Å². The molecule has 0 radical (unpaired) electrons. The zero-order valence-corrected chi connectivity index (χ0v) is 41.8. The van der Waals surface area contributed by atoms with Crippen LogP contribution < -0.4 is 9.64 Å². The third-order valence-electron chi connectivity index (χ3n) is 18.2. The van der Waals surface area contributed by atoms with Gasteiger partial charge in [0.2, 0.25) is 0 Å². The highest BCUT2D eigenvalue weighted by Gasteiger charge is 2.65. The van der Waals surface area contributed by atoms with Gasteiger partial charge in [0.15, 0.2) is 0 Å². The van der Waals surface area contributed by atoms with E-state index in [1.807, 2.05) is 0 Å². The molecule has 0 aromatic heterocycles. The number of benzene rings is 4. The maximum atomic E-state index is 7.54. The summed E-state index contributed by atoms with van der Waals surface area (Å²) in [6, 6.07) is 41.3. The van der Waals surface area contributed by atoms with Crippen molar-refractivity contribution in [3.05, 3.63) is 237 Å². The second-order valence-electron chi connectivity index (χ2n) is 23.8. The highest BCUT2D eigenvalue weighted by atomic mass is 16.5. The van der Waals surface area contributed by atoms with E-state index in [0.717, 1.165) is 50.8 Å². The van der Waals surface area contributed by atoms with Crippen molar-refractivity contribution in [2.45, 2.75) is 104 Å². The van der Waals surface area contributed by atoms with Gasteiger partial charge in [-0.3, -0.25) is 0 Å². The molecule has 5 heteroatoms. The average molecular weight is 919 g/mol. The van der Waals surface area contributed by atoms with Crippen LogP contribution in [0.15, 0.2) is 215 Å². The minimum absolute atomic E-state index is 0.0188. The van der Waals surface area contributed by atoms with Gasteiger partial charge in [0.05, 0.1) is 28.9 Å². The number of hydrogen-bond acceptors (Lipinski definition) is 5. The predicted octanol–water partition coefficient (Wildman–Crippen LogP) is 14.6. The van der Waals surface area contributed by atoms with Crippen molar-refractivity contribution >= 4 is 5.69 Å². The van der Waals surface area contributed by atoms with Gasteiger partial charge in [-0.1, -0.05) is 163 Å². The fourth-order valence-corrected chi connectivity index (χ4v) is 15.0. The fraction of sp³-hybridized carbons (Fsp3) is 0.354. The molecule has 5 nitrogen and oxygen atoms in total. The number of rotatable bonds is 5. The molecular weight excluding hydrogens is 853 g/mol. The van der Waals surface area contributed by atoms with Crippen LogP contribution in [-0.4, -0.2) is 33.5 Å². The topological polar surface area (TPSA) is 22.2 Å². The molecule has 14 rings (SSSR count). The van der Waals surface area contributed by atoms with Crippen LogP contribution in [0.5, 0.6) is 5.75 Å². The molecule has 0 amide bonds. The first-order valence-corrected chi connectivity index (χ1v) is 26.5. The fourth-order valence-electron chi connectivity index (χ4n) is 15.0. The minimum Gasteiger partial charge on any atom is -0.461 e. The van der Waals surface area contributed by atoms with E-state index in [2.05, 4.69) is 225 Å². The molecule has 7 unspecified atom stereocenters. The van der Waals surface area contributed by atoms with Gasteiger partial charge in [-0.15, -0.1) is 0 Å². The van der Waals surface area contributed by atoms with Crippen LogP contribution in [0.4, 0.5) is 5.69 Å². The Kier molecular flexibility index (Phi) is 9.25. The molecule has 10 aliphatic rings. The Morgan fingerprint density at radius 1 is 0.643 bits per heavy atom. The lowest BCUT2D eigenvalue weighted by atomic mass is 9.64. The first-order chi connectivity index (χ1) is 34.0. The Bertz CT molecular complexity index is 3030. The van der Waals surface area contributed by atoms with Crippen molar-refractivity contribution in [1.29, 1.82) is 0 Å². The summed E-state index contributed by atoms with van der Waals surface area (Å²) >= 11 is 0. The Morgan fingerprint density at radius 2 is 1.31 bits per heavy atom. The maximum absolute atomic E-state index is 7.54. The molecule has 6 aliphatic heterocycles. The third kappa shape index (κ3) is 5.90. The van der Waals surface area contributed by atoms with E-state index in [4.69, 9.17) is 4.74 Å². The van der Waals surface area contributed by atoms with E-state index in [9.17, 15) is 0 Å². The summed E-state index contributed by atoms with van der Waals surface area (Å²) in [5.41, 5.74) is 16.3. The molecule has 0 spiro atoms. The zero-order valence-electron chi connectivity index (χ0n) is 41.8. The standard InChI is InChI=1S/C65H66N4O/c1-63(2,3)45-37-46(64(4,5)6)39-47(38-45)67-51-29-18-19-30-52(51)68-53-31-20-32-54-57(53)61-59(62(67)68)58-55(70-54)34-33-49-48-27-16-17-28-50(48)69(60(49)58)56-40-44(35-36-66(56)61)65(41-21-10-7-11-22-41,42-23-12-8-13-24-42)43-25-14-9-15-26-43/h7-15,17-18,20-26,28-29,31-32,34-35,37-38,40,46,49,58-62H,16,19,27,30,33,36,39H2,1-6H3. The van der Waals surface area contributed by atoms with E-state index in [-0.39, 0.29) is 40.9 Å². The lowest BCUT2D eigenvalue weighted by Gasteiger charge is -2.53. The van der Waals surface area contributed by atoms with Crippen LogP contribution in [0.1, 0.15) is 108 Å². The van der Waals surface area contributed by atoms with E-state index in [1.165, 1.54) is 73.5 Å². The quantitative estimate of drug-likeness (QED) is 0.186. The van der Waals surface area contributed by atoms with Gasteiger partial charge < -0.3 is 24.3 Å². The van der Waals surface area contributed by atoms with Crippen molar-refractivity contribution in [1.82, 2.24) is 14.7 Å². The Labute approximate surface area is 415 Å². The second kappa shape index (κ2) is 15.3. The van der Waals surface area contributed by atoms with Gasteiger partial charge >= 0.3 is 0 Å². The molecule has 4 bridgehead atoms. The van der Waals surface area contributed by atoms with Crippen LogP contribution in [-0.2, 0) is 5.41 Å². The van der Waals surface area contributed by atoms with Gasteiger partial charge in [0, 0.05) is 47.0 Å². The molecule has 4 aromatic carbocycles. The normalized spacial score (nSPS) is 28.1. The summed E-state index contributed by atoms with van der Waals surface area (Å²) < 4.78 is 7.54. The van der Waals surface area contributed by atoms with Gasteiger partial charge in [0.25, 0.3) is 0 Å². The van der Waals surface area contributed by atoms with Crippen molar-refractivity contribution in [3.63, 3.8) is 0 Å². The van der Waals surface area contributed by atoms with Crippen LogP contribution in [0.25, 0.3) is 0 Å². The summed E-state index contributed by atoms with van der Waals surface area (Å²) in [5.74, 6) is 4.71. The van der Waals surface area contributed by atoms with E-state index >= 15 is 0 Å². The molecule has 7 atom stereocenters. The van der Waals surface area contributed by atoms with Crippen molar-refractivity contribution < 1.29 is 4.74 Å². The van der Waals surface area contributed by atoms with Gasteiger partial charge in [-0.2, -0.15) is 0 Å². The highest BCUT2D eigenvalue weighted by Crippen LogP contribution is 2.67. The van der Waals surface area contributed by atoms with Crippen LogP contribution in [0, 0.1) is 34.5 Å². The Balaban J connectivity index is 1.03. The Morgan fingerprint density at radius 3 is 1.99 bits per heavy atom. The number of anilines is 1. The molecule has 352 valence electrons. The Hall–Kier alpha value is -6.46.